The van der Waals surface area contributed by atoms with Gasteiger partial charge in [-0.05, 0) is 36.4 Å². The van der Waals surface area contributed by atoms with E-state index in [9.17, 15) is 9.59 Å². The van der Waals surface area contributed by atoms with E-state index in [1.807, 2.05) is 34.5 Å². The molecule has 2 heterocycles. The van der Waals surface area contributed by atoms with Crippen molar-refractivity contribution in [1.82, 2.24) is 10.2 Å². The molecule has 2 amide bonds. The molecule has 126 valence electrons. The van der Waals surface area contributed by atoms with Gasteiger partial charge in [0.15, 0.2) is 6.61 Å². The fourth-order valence-corrected chi connectivity index (χ4v) is 3.71. The van der Waals surface area contributed by atoms with Gasteiger partial charge in [0, 0.05) is 11.4 Å². The Morgan fingerprint density at radius 3 is 2.79 bits per heavy atom. The SMILES string of the molecule is O=C(COc1ccccc1)NCC(=O)N1CCC[C@@H]1c1cccs1. The summed E-state index contributed by atoms with van der Waals surface area (Å²) < 4.78 is 5.37. The van der Waals surface area contributed by atoms with E-state index in [1.54, 1.807) is 23.5 Å². The van der Waals surface area contributed by atoms with Gasteiger partial charge in [0.1, 0.15) is 5.75 Å². The Kier molecular flexibility index (Phi) is 5.48. The number of para-hydroxylation sites is 1. The maximum absolute atomic E-state index is 12.4. The molecule has 1 aromatic carbocycles. The van der Waals surface area contributed by atoms with Gasteiger partial charge >= 0.3 is 0 Å². The van der Waals surface area contributed by atoms with Crippen LogP contribution in [0, 0.1) is 0 Å². The highest BCUT2D eigenvalue weighted by Gasteiger charge is 2.30. The number of benzene rings is 1. The summed E-state index contributed by atoms with van der Waals surface area (Å²) in [6.45, 7) is 0.669. The van der Waals surface area contributed by atoms with Gasteiger partial charge in [0.25, 0.3) is 5.91 Å². The highest BCUT2D eigenvalue weighted by Crippen LogP contribution is 2.34. The summed E-state index contributed by atoms with van der Waals surface area (Å²) in [5.41, 5.74) is 0. The lowest BCUT2D eigenvalue weighted by atomic mass is 10.2. The zero-order chi connectivity index (χ0) is 16.8. The van der Waals surface area contributed by atoms with E-state index in [-0.39, 0.29) is 31.0 Å². The van der Waals surface area contributed by atoms with Crippen LogP contribution in [0.1, 0.15) is 23.8 Å². The first-order chi connectivity index (χ1) is 11.7. The summed E-state index contributed by atoms with van der Waals surface area (Å²) in [4.78, 5) is 27.3. The van der Waals surface area contributed by atoms with E-state index < -0.39 is 0 Å². The molecule has 24 heavy (non-hydrogen) atoms. The molecule has 1 N–H and O–H groups in total. The minimum absolute atomic E-state index is 0.0128. The number of hydrogen-bond donors (Lipinski definition) is 1. The second-order valence-electron chi connectivity index (χ2n) is 5.64. The van der Waals surface area contributed by atoms with Crippen molar-refractivity contribution in [1.29, 1.82) is 0 Å². The van der Waals surface area contributed by atoms with E-state index in [2.05, 4.69) is 11.4 Å². The Hall–Kier alpha value is -2.34. The van der Waals surface area contributed by atoms with Gasteiger partial charge in [-0.1, -0.05) is 24.3 Å². The molecule has 1 aromatic heterocycles. The number of amides is 2. The predicted molar refractivity (Wildman–Crippen MR) is 93.0 cm³/mol. The molecule has 1 fully saturated rings. The minimum Gasteiger partial charge on any atom is -0.484 e. The number of carbonyl (C=O) groups is 2. The van der Waals surface area contributed by atoms with E-state index in [1.165, 1.54) is 4.88 Å². The summed E-state index contributed by atoms with van der Waals surface area (Å²) in [6.07, 6.45) is 1.98. The van der Waals surface area contributed by atoms with Gasteiger partial charge in [0.2, 0.25) is 5.91 Å². The average Bonchev–Trinajstić information content (AvgIpc) is 3.29. The molecule has 0 saturated carbocycles. The van der Waals surface area contributed by atoms with Crippen molar-refractivity contribution in [2.45, 2.75) is 18.9 Å². The number of nitrogens with one attached hydrogen (secondary N) is 1. The molecule has 0 radical (unpaired) electrons. The van der Waals surface area contributed by atoms with E-state index in [0.29, 0.717) is 5.75 Å². The molecule has 1 aliphatic rings. The van der Waals surface area contributed by atoms with Gasteiger partial charge in [-0.25, -0.2) is 0 Å². The fraction of sp³-hybridized carbons (Fsp3) is 0.333. The van der Waals surface area contributed by atoms with Crippen molar-refractivity contribution in [2.75, 3.05) is 19.7 Å². The lowest BCUT2D eigenvalue weighted by Gasteiger charge is -2.24. The normalized spacial score (nSPS) is 16.8. The van der Waals surface area contributed by atoms with Gasteiger partial charge in [-0.2, -0.15) is 0 Å². The molecule has 0 spiro atoms. The molecule has 0 unspecified atom stereocenters. The predicted octanol–water partition coefficient (Wildman–Crippen LogP) is 2.61. The molecule has 2 aromatic rings. The zero-order valence-corrected chi connectivity index (χ0v) is 14.1. The average molecular weight is 344 g/mol. The maximum atomic E-state index is 12.4. The molecule has 5 nitrogen and oxygen atoms in total. The number of carbonyl (C=O) groups excluding carboxylic acids is 2. The van der Waals surface area contributed by atoms with Crippen LogP contribution in [-0.4, -0.2) is 36.4 Å². The summed E-state index contributed by atoms with van der Waals surface area (Å²) in [5, 5.41) is 4.67. The van der Waals surface area contributed by atoms with Gasteiger partial charge in [0.05, 0.1) is 12.6 Å². The molecular formula is C18H20N2O3S. The van der Waals surface area contributed by atoms with Gasteiger partial charge < -0.3 is 15.0 Å². The van der Waals surface area contributed by atoms with E-state index >= 15 is 0 Å². The summed E-state index contributed by atoms with van der Waals surface area (Å²) in [6, 6.07) is 13.4. The molecule has 3 rings (SSSR count). The van der Waals surface area contributed by atoms with Crippen LogP contribution in [0.4, 0.5) is 0 Å². The van der Waals surface area contributed by atoms with E-state index in [4.69, 9.17) is 4.74 Å². The van der Waals surface area contributed by atoms with Crippen molar-refractivity contribution in [3.8, 4) is 5.75 Å². The Morgan fingerprint density at radius 1 is 1.21 bits per heavy atom. The summed E-state index contributed by atoms with van der Waals surface area (Å²) in [7, 11) is 0. The fourth-order valence-electron chi connectivity index (χ4n) is 2.83. The van der Waals surface area contributed by atoms with Gasteiger partial charge in [-0.15, -0.1) is 11.3 Å². The standard InChI is InChI=1S/C18H20N2O3S/c21-17(13-23-14-6-2-1-3-7-14)19-12-18(22)20-10-4-8-15(20)16-9-5-11-24-16/h1-3,5-7,9,11,15H,4,8,10,12-13H2,(H,19,21)/t15-/m1/s1. The highest BCUT2D eigenvalue weighted by atomic mass is 32.1. The van der Waals surface area contributed by atoms with E-state index in [0.717, 1.165) is 19.4 Å². The van der Waals surface area contributed by atoms with Crippen LogP contribution in [0.2, 0.25) is 0 Å². The monoisotopic (exact) mass is 344 g/mol. The van der Waals surface area contributed by atoms with Crippen LogP contribution in [-0.2, 0) is 9.59 Å². The molecule has 1 saturated heterocycles. The van der Waals surface area contributed by atoms with Crippen LogP contribution < -0.4 is 10.1 Å². The Bertz CT molecular complexity index is 673. The molecule has 0 bridgehead atoms. The summed E-state index contributed by atoms with van der Waals surface area (Å²) in [5.74, 6) is 0.300. The maximum Gasteiger partial charge on any atom is 0.258 e. The molecule has 0 aliphatic carbocycles. The number of thiophene rings is 1. The Labute approximate surface area is 145 Å². The quantitative estimate of drug-likeness (QED) is 0.876. The summed E-state index contributed by atoms with van der Waals surface area (Å²) >= 11 is 1.67. The van der Waals surface area contributed by atoms with Crippen molar-refractivity contribution >= 4 is 23.2 Å². The van der Waals surface area contributed by atoms with Crippen molar-refractivity contribution < 1.29 is 14.3 Å². The highest BCUT2D eigenvalue weighted by molar-refractivity contribution is 7.10. The molecule has 1 atom stereocenters. The van der Waals surface area contributed by atoms with Crippen molar-refractivity contribution in [2.24, 2.45) is 0 Å². The Morgan fingerprint density at radius 2 is 2.04 bits per heavy atom. The third kappa shape index (κ3) is 4.14. The number of hydrogen-bond acceptors (Lipinski definition) is 4. The molecular weight excluding hydrogens is 324 g/mol. The largest absolute Gasteiger partial charge is 0.484 e. The number of ether oxygens (including phenoxy) is 1. The van der Waals surface area contributed by atoms with Crippen LogP contribution in [0.3, 0.4) is 0 Å². The first-order valence-corrected chi connectivity index (χ1v) is 8.89. The number of nitrogens with zero attached hydrogens (tertiary/aromatic N) is 1. The molecule has 6 heteroatoms. The second kappa shape index (κ2) is 7.97. The zero-order valence-electron chi connectivity index (χ0n) is 13.3. The third-order valence-corrected chi connectivity index (χ3v) is 4.97. The minimum atomic E-state index is -0.293. The smallest absolute Gasteiger partial charge is 0.258 e. The van der Waals surface area contributed by atoms with Crippen molar-refractivity contribution in [3.05, 3.63) is 52.7 Å². The molecule has 1 aliphatic heterocycles. The second-order valence-corrected chi connectivity index (χ2v) is 6.62. The Balaban J connectivity index is 1.45. The first-order valence-electron chi connectivity index (χ1n) is 8.01. The van der Waals surface area contributed by atoms with Crippen LogP contribution >= 0.6 is 11.3 Å². The lowest BCUT2D eigenvalue weighted by molar-refractivity contribution is -0.134. The topological polar surface area (TPSA) is 58.6 Å². The lowest BCUT2D eigenvalue weighted by Crippen LogP contribution is -2.41. The van der Waals surface area contributed by atoms with Crippen molar-refractivity contribution in [3.63, 3.8) is 0 Å². The first kappa shape index (κ1) is 16.5. The number of likely N-dealkylation sites (tertiary alicyclic amines) is 1. The van der Waals surface area contributed by atoms with Crippen LogP contribution in [0.5, 0.6) is 5.75 Å². The number of rotatable bonds is 6. The van der Waals surface area contributed by atoms with Crippen LogP contribution in [0.25, 0.3) is 0 Å². The van der Waals surface area contributed by atoms with Crippen LogP contribution in [0.15, 0.2) is 47.8 Å². The third-order valence-electron chi connectivity index (χ3n) is 3.99. The van der Waals surface area contributed by atoms with Gasteiger partial charge in [-0.3, -0.25) is 9.59 Å².